The molecule has 1 aromatic rings. The van der Waals surface area contributed by atoms with E-state index in [4.69, 9.17) is 15.4 Å². The summed E-state index contributed by atoms with van der Waals surface area (Å²) in [6.45, 7) is 1.81. The van der Waals surface area contributed by atoms with Gasteiger partial charge >= 0.3 is 0 Å². The molecule has 0 fully saturated rings. The van der Waals surface area contributed by atoms with Crippen molar-refractivity contribution in [2.45, 2.75) is 19.5 Å². The van der Waals surface area contributed by atoms with Gasteiger partial charge < -0.3 is 14.3 Å². The molecule has 0 spiro atoms. The van der Waals surface area contributed by atoms with E-state index in [0.717, 1.165) is 5.56 Å². The van der Waals surface area contributed by atoms with Gasteiger partial charge in [0.15, 0.2) is 11.5 Å². The van der Waals surface area contributed by atoms with Crippen LogP contribution >= 0.6 is 0 Å². The Labute approximate surface area is 100 Å². The van der Waals surface area contributed by atoms with Crippen molar-refractivity contribution in [3.63, 3.8) is 0 Å². The highest BCUT2D eigenvalue weighted by atomic mass is 19.1. The number of rotatable bonds is 6. The lowest BCUT2D eigenvalue weighted by Crippen LogP contribution is -2.06. The zero-order valence-corrected chi connectivity index (χ0v) is 10.3. The van der Waals surface area contributed by atoms with Gasteiger partial charge in [-0.1, -0.05) is 0 Å². The standard InChI is InChI=1S/C12H18FNO3/c1-8(13)10-6-9(4-5-17-14)12(16-3)11(7-10)15-2/h6-8H,4-5,14H2,1-3H3. The van der Waals surface area contributed by atoms with Gasteiger partial charge in [-0.05, 0) is 24.6 Å². The minimum absolute atomic E-state index is 0.337. The second-order valence-corrected chi connectivity index (χ2v) is 3.65. The van der Waals surface area contributed by atoms with E-state index in [2.05, 4.69) is 4.84 Å². The van der Waals surface area contributed by atoms with E-state index >= 15 is 0 Å². The predicted molar refractivity (Wildman–Crippen MR) is 62.9 cm³/mol. The maximum absolute atomic E-state index is 13.3. The van der Waals surface area contributed by atoms with E-state index in [1.807, 2.05) is 0 Å². The van der Waals surface area contributed by atoms with Crippen LogP contribution in [0.1, 0.15) is 24.2 Å². The molecule has 17 heavy (non-hydrogen) atoms. The summed E-state index contributed by atoms with van der Waals surface area (Å²) in [4.78, 5) is 4.53. The van der Waals surface area contributed by atoms with Crippen LogP contribution in [-0.2, 0) is 11.3 Å². The molecule has 0 amide bonds. The maximum Gasteiger partial charge on any atom is 0.164 e. The first-order valence-electron chi connectivity index (χ1n) is 5.34. The number of ether oxygens (including phenoxy) is 2. The molecule has 1 rings (SSSR count). The van der Waals surface area contributed by atoms with Crippen molar-refractivity contribution in [2.75, 3.05) is 20.8 Å². The molecular weight excluding hydrogens is 225 g/mol. The molecule has 1 unspecified atom stereocenters. The summed E-state index contributed by atoms with van der Waals surface area (Å²) in [5.74, 6) is 6.10. The Bertz CT molecular complexity index is 369. The lowest BCUT2D eigenvalue weighted by molar-refractivity contribution is 0.140. The topological polar surface area (TPSA) is 53.7 Å². The van der Waals surface area contributed by atoms with Crippen LogP contribution in [0.4, 0.5) is 4.39 Å². The number of nitrogens with two attached hydrogens (primary N) is 1. The van der Waals surface area contributed by atoms with Gasteiger partial charge in [-0.3, -0.25) is 0 Å². The fourth-order valence-electron chi connectivity index (χ4n) is 1.65. The largest absolute Gasteiger partial charge is 0.493 e. The molecule has 96 valence electrons. The Morgan fingerprint density at radius 3 is 2.47 bits per heavy atom. The molecule has 1 atom stereocenters. The van der Waals surface area contributed by atoms with Crippen molar-refractivity contribution in [1.82, 2.24) is 0 Å². The highest BCUT2D eigenvalue weighted by molar-refractivity contribution is 5.50. The van der Waals surface area contributed by atoms with Crippen LogP contribution in [0, 0.1) is 0 Å². The van der Waals surface area contributed by atoms with Crippen molar-refractivity contribution in [2.24, 2.45) is 5.90 Å². The first-order chi connectivity index (χ1) is 8.13. The normalized spacial score (nSPS) is 12.3. The van der Waals surface area contributed by atoms with Crippen LogP contribution < -0.4 is 15.4 Å². The van der Waals surface area contributed by atoms with Crippen LogP contribution in [0.25, 0.3) is 0 Å². The van der Waals surface area contributed by atoms with Gasteiger partial charge in [-0.2, -0.15) is 0 Å². The summed E-state index contributed by atoms with van der Waals surface area (Å²) in [5, 5.41) is 0. The molecule has 0 heterocycles. The van der Waals surface area contributed by atoms with Crippen molar-refractivity contribution >= 4 is 0 Å². The molecular formula is C12H18FNO3. The average Bonchev–Trinajstić information content (AvgIpc) is 2.34. The average molecular weight is 243 g/mol. The number of benzene rings is 1. The van der Waals surface area contributed by atoms with Gasteiger partial charge in [0.25, 0.3) is 0 Å². The summed E-state index contributed by atoms with van der Waals surface area (Å²) in [5.41, 5.74) is 1.37. The quantitative estimate of drug-likeness (QED) is 0.778. The zero-order chi connectivity index (χ0) is 12.8. The SMILES string of the molecule is COc1cc(C(C)F)cc(CCON)c1OC. The molecule has 0 saturated heterocycles. The molecule has 0 saturated carbocycles. The lowest BCUT2D eigenvalue weighted by Gasteiger charge is -2.15. The fourth-order valence-corrected chi connectivity index (χ4v) is 1.65. The second kappa shape index (κ2) is 6.42. The number of methoxy groups -OCH3 is 2. The van der Waals surface area contributed by atoms with Crippen LogP contribution in [0.15, 0.2) is 12.1 Å². The van der Waals surface area contributed by atoms with E-state index in [-0.39, 0.29) is 0 Å². The summed E-state index contributed by atoms with van der Waals surface area (Å²) in [6, 6.07) is 3.38. The number of alkyl halides is 1. The van der Waals surface area contributed by atoms with Crippen LogP contribution in [0.5, 0.6) is 11.5 Å². The van der Waals surface area contributed by atoms with Crippen molar-refractivity contribution < 1.29 is 18.7 Å². The number of halogens is 1. The molecule has 4 nitrogen and oxygen atoms in total. The van der Waals surface area contributed by atoms with Crippen molar-refractivity contribution in [3.8, 4) is 11.5 Å². The number of hydrogen-bond acceptors (Lipinski definition) is 4. The minimum Gasteiger partial charge on any atom is -0.493 e. The molecule has 0 aliphatic rings. The predicted octanol–water partition coefficient (Wildman–Crippen LogP) is 2.17. The minimum atomic E-state index is -1.06. The van der Waals surface area contributed by atoms with Gasteiger partial charge in [0, 0.05) is 12.0 Å². The lowest BCUT2D eigenvalue weighted by atomic mass is 10.0. The van der Waals surface area contributed by atoms with Crippen LogP contribution in [-0.4, -0.2) is 20.8 Å². The summed E-state index contributed by atoms with van der Waals surface area (Å²) < 4.78 is 23.8. The summed E-state index contributed by atoms with van der Waals surface area (Å²) in [6.07, 6.45) is -0.524. The first kappa shape index (κ1) is 13.7. The molecule has 2 N–H and O–H groups in total. The van der Waals surface area contributed by atoms with E-state index in [0.29, 0.717) is 30.1 Å². The third kappa shape index (κ3) is 3.31. The molecule has 0 radical (unpaired) electrons. The summed E-state index contributed by atoms with van der Waals surface area (Å²) >= 11 is 0. The van der Waals surface area contributed by atoms with Crippen LogP contribution in [0.2, 0.25) is 0 Å². The van der Waals surface area contributed by atoms with E-state index < -0.39 is 6.17 Å². The highest BCUT2D eigenvalue weighted by Gasteiger charge is 2.15. The fraction of sp³-hybridized carbons (Fsp3) is 0.500. The molecule has 0 bridgehead atoms. The second-order valence-electron chi connectivity index (χ2n) is 3.65. The molecule has 5 heteroatoms. The van der Waals surface area contributed by atoms with Crippen molar-refractivity contribution in [1.29, 1.82) is 0 Å². The molecule has 0 aliphatic heterocycles. The monoisotopic (exact) mass is 243 g/mol. The molecule has 0 aromatic heterocycles. The Balaban J connectivity index is 3.17. The van der Waals surface area contributed by atoms with Gasteiger partial charge in [0.05, 0.1) is 20.8 Å². The Hall–Kier alpha value is -1.33. The smallest absolute Gasteiger partial charge is 0.164 e. The highest BCUT2D eigenvalue weighted by Crippen LogP contribution is 2.35. The Kier molecular flexibility index (Phi) is 5.18. The maximum atomic E-state index is 13.3. The Morgan fingerprint density at radius 1 is 1.29 bits per heavy atom. The van der Waals surface area contributed by atoms with Gasteiger partial charge in [0.1, 0.15) is 6.17 Å². The van der Waals surface area contributed by atoms with Crippen LogP contribution in [0.3, 0.4) is 0 Å². The Morgan fingerprint density at radius 2 is 2.00 bits per heavy atom. The third-order valence-electron chi connectivity index (χ3n) is 2.53. The molecule has 0 aliphatic carbocycles. The first-order valence-corrected chi connectivity index (χ1v) is 5.34. The van der Waals surface area contributed by atoms with Gasteiger partial charge in [-0.25, -0.2) is 10.3 Å². The zero-order valence-electron chi connectivity index (χ0n) is 10.3. The van der Waals surface area contributed by atoms with E-state index in [9.17, 15) is 4.39 Å². The summed E-state index contributed by atoms with van der Waals surface area (Å²) in [7, 11) is 3.07. The van der Waals surface area contributed by atoms with Gasteiger partial charge in [-0.15, -0.1) is 0 Å². The van der Waals surface area contributed by atoms with Gasteiger partial charge in [0.2, 0.25) is 0 Å². The van der Waals surface area contributed by atoms with E-state index in [1.54, 1.807) is 19.2 Å². The molecule has 1 aromatic carbocycles. The number of hydrogen-bond donors (Lipinski definition) is 1. The third-order valence-corrected chi connectivity index (χ3v) is 2.53. The van der Waals surface area contributed by atoms with Crippen molar-refractivity contribution in [3.05, 3.63) is 23.3 Å². The van der Waals surface area contributed by atoms with E-state index in [1.165, 1.54) is 14.0 Å².